The predicted molar refractivity (Wildman–Crippen MR) is 122 cm³/mol. The summed E-state index contributed by atoms with van der Waals surface area (Å²) in [6.07, 6.45) is 0.367. The molecule has 0 unspecified atom stereocenters. The Kier molecular flexibility index (Phi) is 7.17. The lowest BCUT2D eigenvalue weighted by atomic mass is 10.1. The zero-order valence-electron chi connectivity index (χ0n) is 18.0. The van der Waals surface area contributed by atoms with Crippen LogP contribution in [0.15, 0.2) is 34.8 Å². The van der Waals surface area contributed by atoms with Crippen LogP contribution in [0.1, 0.15) is 34.8 Å². The molecule has 2 N–H and O–H groups in total. The molecule has 0 radical (unpaired) electrons. The molecule has 0 aliphatic heterocycles. The van der Waals surface area contributed by atoms with E-state index in [4.69, 9.17) is 0 Å². The van der Waals surface area contributed by atoms with E-state index in [1.54, 1.807) is 4.68 Å². The molecule has 2 amide bonds. The van der Waals surface area contributed by atoms with Gasteiger partial charge in [0.25, 0.3) is 5.95 Å². The zero-order chi connectivity index (χ0) is 22.5. The summed E-state index contributed by atoms with van der Waals surface area (Å²) in [5.41, 5.74) is 4.84. The van der Waals surface area contributed by atoms with Crippen molar-refractivity contribution in [1.29, 1.82) is 0 Å². The van der Waals surface area contributed by atoms with Gasteiger partial charge >= 0.3 is 0 Å². The molecule has 0 spiro atoms. The molecule has 0 aliphatic carbocycles. The molecular formula is C22H25BrN6O2. The summed E-state index contributed by atoms with van der Waals surface area (Å²) in [7, 11) is 0. The zero-order valence-corrected chi connectivity index (χ0v) is 19.6. The van der Waals surface area contributed by atoms with Crippen LogP contribution in [0.2, 0.25) is 0 Å². The maximum Gasteiger partial charge on any atom is 0.251 e. The van der Waals surface area contributed by atoms with E-state index in [1.807, 2.05) is 58.0 Å². The highest BCUT2D eigenvalue weighted by Crippen LogP contribution is 2.17. The maximum atomic E-state index is 12.4. The normalized spacial score (nSPS) is 10.7. The van der Waals surface area contributed by atoms with Crippen molar-refractivity contribution in [3.63, 3.8) is 0 Å². The topological polar surface area (TPSA) is 102 Å². The third kappa shape index (κ3) is 5.97. The number of halogens is 1. The highest BCUT2D eigenvalue weighted by Gasteiger charge is 2.17. The molecule has 3 rings (SSSR count). The molecule has 31 heavy (non-hydrogen) atoms. The second kappa shape index (κ2) is 9.82. The third-order valence-electron chi connectivity index (χ3n) is 4.74. The molecule has 0 aliphatic rings. The summed E-state index contributed by atoms with van der Waals surface area (Å²) in [4.78, 5) is 33.4. The van der Waals surface area contributed by atoms with Gasteiger partial charge in [0.05, 0.1) is 12.1 Å². The highest BCUT2D eigenvalue weighted by atomic mass is 79.9. The molecule has 8 nitrogen and oxygen atoms in total. The van der Waals surface area contributed by atoms with Crippen molar-refractivity contribution in [2.45, 2.75) is 40.5 Å². The monoisotopic (exact) mass is 484 g/mol. The number of carbonyl (C=O) groups is 2. The first-order chi connectivity index (χ1) is 14.7. The van der Waals surface area contributed by atoms with Crippen molar-refractivity contribution < 1.29 is 9.59 Å². The summed E-state index contributed by atoms with van der Waals surface area (Å²) < 4.78 is 2.61. The molecule has 0 atom stereocenters. The van der Waals surface area contributed by atoms with E-state index in [-0.39, 0.29) is 31.2 Å². The third-order valence-corrected chi connectivity index (χ3v) is 5.27. The van der Waals surface area contributed by atoms with Crippen LogP contribution in [0.3, 0.4) is 0 Å². The Morgan fingerprint density at radius 2 is 1.65 bits per heavy atom. The summed E-state index contributed by atoms with van der Waals surface area (Å²) in [6.45, 7) is 7.83. The average Bonchev–Trinajstić information content (AvgIpc) is 2.97. The van der Waals surface area contributed by atoms with Crippen LogP contribution in [0, 0.1) is 27.7 Å². The van der Waals surface area contributed by atoms with Crippen molar-refractivity contribution in [2.24, 2.45) is 0 Å². The first kappa shape index (κ1) is 22.6. The van der Waals surface area contributed by atoms with Crippen LogP contribution < -0.4 is 10.6 Å². The first-order valence-electron chi connectivity index (χ1n) is 9.93. The molecule has 2 aromatic heterocycles. The number of hydrogen-bond acceptors (Lipinski definition) is 5. The summed E-state index contributed by atoms with van der Waals surface area (Å²) in [5.74, 6) is 0.174. The molecule has 0 fully saturated rings. The molecule has 0 saturated heterocycles. The highest BCUT2D eigenvalue weighted by molar-refractivity contribution is 9.10. The van der Waals surface area contributed by atoms with E-state index in [9.17, 15) is 9.59 Å². The van der Waals surface area contributed by atoms with Crippen molar-refractivity contribution in [2.75, 3.05) is 11.9 Å². The first-order valence-corrected chi connectivity index (χ1v) is 10.7. The largest absolute Gasteiger partial charge is 0.355 e. The minimum Gasteiger partial charge on any atom is -0.355 e. The van der Waals surface area contributed by atoms with Gasteiger partial charge in [-0.25, -0.2) is 14.6 Å². The second-order valence-electron chi connectivity index (χ2n) is 7.34. The van der Waals surface area contributed by atoms with Crippen LogP contribution in [0.4, 0.5) is 5.69 Å². The Bertz CT molecular complexity index is 1090. The van der Waals surface area contributed by atoms with Gasteiger partial charge in [0.1, 0.15) is 0 Å². The molecule has 3 aromatic rings. The number of carbonyl (C=O) groups excluding carboxylic acids is 2. The van der Waals surface area contributed by atoms with E-state index >= 15 is 0 Å². The molecule has 0 saturated carbocycles. The summed E-state index contributed by atoms with van der Waals surface area (Å²) in [6, 6.07) is 9.22. The van der Waals surface area contributed by atoms with Gasteiger partial charge in [-0.15, -0.1) is 0 Å². The van der Waals surface area contributed by atoms with Gasteiger partial charge in [-0.2, -0.15) is 5.10 Å². The van der Waals surface area contributed by atoms with Gasteiger partial charge in [-0.3, -0.25) is 9.59 Å². The lowest BCUT2D eigenvalue weighted by Crippen LogP contribution is -2.29. The molecule has 9 heteroatoms. The Labute approximate surface area is 189 Å². The van der Waals surface area contributed by atoms with E-state index < -0.39 is 0 Å². The Hall–Kier alpha value is -3.07. The van der Waals surface area contributed by atoms with Gasteiger partial charge in [0.2, 0.25) is 11.8 Å². The number of anilines is 1. The number of amides is 2. The average molecular weight is 485 g/mol. The van der Waals surface area contributed by atoms with Crippen molar-refractivity contribution in [3.8, 4) is 5.95 Å². The number of benzene rings is 1. The van der Waals surface area contributed by atoms with E-state index in [2.05, 4.69) is 41.6 Å². The van der Waals surface area contributed by atoms with Crippen molar-refractivity contribution in [3.05, 3.63) is 63.1 Å². The quantitative estimate of drug-likeness (QED) is 0.535. The minimum absolute atomic E-state index is 0.158. The lowest BCUT2D eigenvalue weighted by Gasteiger charge is -2.08. The Morgan fingerprint density at radius 3 is 2.29 bits per heavy atom. The fourth-order valence-electron chi connectivity index (χ4n) is 3.22. The number of nitrogens with zero attached hydrogens (tertiary/aromatic N) is 4. The SMILES string of the molecule is Cc1cc(C)nc(-n2nc(C)c(CC(=O)NCCC(=O)Nc3ccc(Br)cc3)c2C)n1. The maximum absolute atomic E-state index is 12.4. The summed E-state index contributed by atoms with van der Waals surface area (Å²) in [5, 5.41) is 10.1. The molecule has 2 heterocycles. The number of hydrogen-bond donors (Lipinski definition) is 2. The standard InChI is InChI=1S/C22H25BrN6O2/c1-13-11-14(2)26-22(25-13)29-16(4)19(15(3)28-29)12-21(31)24-10-9-20(30)27-18-7-5-17(23)6-8-18/h5-8,11H,9-10,12H2,1-4H3,(H,24,31)(H,27,30). The van der Waals surface area contributed by atoms with Gasteiger partial charge in [0, 0.05) is 45.8 Å². The Balaban J connectivity index is 1.56. The number of aryl methyl sites for hydroxylation is 3. The second-order valence-corrected chi connectivity index (χ2v) is 8.26. The van der Waals surface area contributed by atoms with Crippen LogP contribution in [0.5, 0.6) is 0 Å². The van der Waals surface area contributed by atoms with E-state index in [1.165, 1.54) is 0 Å². The fourth-order valence-corrected chi connectivity index (χ4v) is 3.49. The number of aromatic nitrogens is 4. The number of nitrogens with one attached hydrogen (secondary N) is 2. The van der Waals surface area contributed by atoms with Crippen molar-refractivity contribution >= 4 is 33.4 Å². The van der Waals surface area contributed by atoms with Gasteiger partial charge < -0.3 is 10.6 Å². The van der Waals surface area contributed by atoms with Gasteiger partial charge in [-0.05, 0) is 58.0 Å². The van der Waals surface area contributed by atoms with Crippen LogP contribution in [-0.4, -0.2) is 38.1 Å². The predicted octanol–water partition coefficient (Wildman–Crippen LogP) is 3.35. The number of rotatable bonds is 7. The minimum atomic E-state index is -0.163. The van der Waals surface area contributed by atoms with E-state index in [0.29, 0.717) is 11.6 Å². The fraction of sp³-hybridized carbons (Fsp3) is 0.318. The van der Waals surface area contributed by atoms with Crippen LogP contribution >= 0.6 is 15.9 Å². The van der Waals surface area contributed by atoms with Crippen molar-refractivity contribution in [1.82, 2.24) is 25.1 Å². The molecule has 162 valence electrons. The van der Waals surface area contributed by atoms with Crippen LogP contribution in [0.25, 0.3) is 5.95 Å². The van der Waals surface area contributed by atoms with Gasteiger partial charge in [-0.1, -0.05) is 15.9 Å². The molecular weight excluding hydrogens is 460 g/mol. The molecule has 1 aromatic carbocycles. The molecule has 0 bridgehead atoms. The Morgan fingerprint density at radius 1 is 1.00 bits per heavy atom. The van der Waals surface area contributed by atoms with Crippen LogP contribution in [-0.2, 0) is 16.0 Å². The smallest absolute Gasteiger partial charge is 0.251 e. The summed E-state index contributed by atoms with van der Waals surface area (Å²) >= 11 is 3.35. The van der Waals surface area contributed by atoms with Gasteiger partial charge in [0.15, 0.2) is 0 Å². The van der Waals surface area contributed by atoms with E-state index in [0.717, 1.165) is 32.8 Å². The lowest BCUT2D eigenvalue weighted by molar-refractivity contribution is -0.120.